The predicted octanol–water partition coefficient (Wildman–Crippen LogP) is 19.2. The van der Waals surface area contributed by atoms with E-state index in [4.69, 9.17) is 18.9 Å². The van der Waals surface area contributed by atoms with Crippen LogP contribution in [0.15, 0.2) is 122 Å². The summed E-state index contributed by atoms with van der Waals surface area (Å²) in [6.07, 6.45) is 81.6. The third-order valence-corrected chi connectivity index (χ3v) is 13.2. The van der Waals surface area contributed by atoms with Gasteiger partial charge < -0.3 is 28.5 Å². The number of hydrogen-bond acceptors (Lipinski definition) is 7. The molecule has 0 radical (unpaired) electrons. The maximum absolute atomic E-state index is 12.9. The number of unbranched alkanes of at least 4 members (excludes halogenated alkanes) is 22. The van der Waals surface area contributed by atoms with E-state index in [1.165, 1.54) is 128 Å². The van der Waals surface area contributed by atoms with Crippen LogP contribution < -0.4 is 0 Å². The van der Waals surface area contributed by atoms with E-state index < -0.39 is 24.3 Å². The fraction of sp³-hybridized carbons (Fsp3) is 0.671. The van der Waals surface area contributed by atoms with Crippen LogP contribution in [0.4, 0.5) is 0 Å². The first-order valence-corrected chi connectivity index (χ1v) is 31.7. The van der Waals surface area contributed by atoms with Crippen molar-refractivity contribution < 1.29 is 42.9 Å². The van der Waals surface area contributed by atoms with Crippen molar-refractivity contribution in [2.75, 3.05) is 47.5 Å². The Morgan fingerprint density at radius 2 is 0.734 bits per heavy atom. The average Bonchev–Trinajstić information content (AvgIpc) is 3.42. The van der Waals surface area contributed by atoms with Crippen molar-refractivity contribution in [3.8, 4) is 0 Å². The minimum Gasteiger partial charge on any atom is -0.477 e. The normalized spacial score (nSPS) is 13.6. The zero-order chi connectivity index (χ0) is 57.6. The highest BCUT2D eigenvalue weighted by atomic mass is 16.7. The van der Waals surface area contributed by atoms with Crippen molar-refractivity contribution in [3.05, 3.63) is 122 Å². The molecule has 0 aromatic heterocycles. The second-order valence-electron chi connectivity index (χ2n) is 22.0. The predicted molar refractivity (Wildman–Crippen MR) is 336 cm³/mol. The van der Waals surface area contributed by atoms with E-state index in [2.05, 4.69) is 135 Å². The van der Waals surface area contributed by atoms with Gasteiger partial charge in [-0.15, -0.1) is 0 Å². The van der Waals surface area contributed by atoms with Gasteiger partial charge in [-0.2, -0.15) is 0 Å². The number of carboxylic acid groups (broad SMARTS) is 1. The zero-order valence-corrected chi connectivity index (χ0v) is 51.2. The molecule has 0 fully saturated rings. The summed E-state index contributed by atoms with van der Waals surface area (Å²) in [4.78, 5) is 37.5. The summed E-state index contributed by atoms with van der Waals surface area (Å²) in [5, 5.41) is 9.72. The van der Waals surface area contributed by atoms with Crippen LogP contribution in [0.25, 0.3) is 0 Å². The molecule has 450 valence electrons. The molecule has 0 aliphatic heterocycles. The van der Waals surface area contributed by atoms with Gasteiger partial charge in [0.2, 0.25) is 0 Å². The Bertz CT molecular complexity index is 1710. The van der Waals surface area contributed by atoms with E-state index in [0.717, 1.165) is 77.0 Å². The van der Waals surface area contributed by atoms with E-state index in [1.54, 1.807) is 0 Å². The molecule has 9 heteroatoms. The van der Waals surface area contributed by atoms with Crippen LogP contribution in [0.1, 0.15) is 245 Å². The van der Waals surface area contributed by atoms with Gasteiger partial charge in [-0.1, -0.05) is 251 Å². The molecule has 0 spiro atoms. The van der Waals surface area contributed by atoms with Gasteiger partial charge in [-0.05, 0) is 103 Å². The summed E-state index contributed by atoms with van der Waals surface area (Å²) in [5.41, 5.74) is 0. The second-order valence-corrected chi connectivity index (χ2v) is 22.0. The van der Waals surface area contributed by atoms with Crippen molar-refractivity contribution in [3.63, 3.8) is 0 Å². The van der Waals surface area contributed by atoms with Crippen LogP contribution in [0.5, 0.6) is 0 Å². The largest absolute Gasteiger partial charge is 0.477 e. The minimum atomic E-state index is -1.53. The highest BCUT2D eigenvalue weighted by molar-refractivity contribution is 5.71. The maximum Gasteiger partial charge on any atom is 0.361 e. The quantitative estimate of drug-likeness (QED) is 0.0211. The molecule has 0 aliphatic carbocycles. The van der Waals surface area contributed by atoms with Gasteiger partial charge in [0.05, 0.1) is 34.4 Å². The SMILES string of the molecule is CC/C=C\C/C=C\C/C=C\C/C=C\C/C=C\C/C=C\C/C=C\CCCC(=O)OC(COC(=O)CCCCCCCCCCCCCCCCCC/C=C\C/C=C\C/C=C\CCCCCCC)COC(OCC[N+](C)(C)C)C(=O)O. The van der Waals surface area contributed by atoms with E-state index >= 15 is 0 Å². The van der Waals surface area contributed by atoms with Crippen LogP contribution in [0, 0.1) is 0 Å². The van der Waals surface area contributed by atoms with Gasteiger partial charge in [-0.3, -0.25) is 9.59 Å². The number of nitrogens with zero attached hydrogens (tertiary/aromatic N) is 1. The van der Waals surface area contributed by atoms with Gasteiger partial charge in [0.25, 0.3) is 6.29 Å². The minimum absolute atomic E-state index is 0.171. The number of carboxylic acids is 1. The molecule has 0 bridgehead atoms. The molecular formula is C70H118NO8+. The Labute approximate surface area is 485 Å². The lowest BCUT2D eigenvalue weighted by atomic mass is 10.0. The summed E-state index contributed by atoms with van der Waals surface area (Å²) >= 11 is 0. The molecule has 0 aliphatic rings. The number of esters is 2. The summed E-state index contributed by atoms with van der Waals surface area (Å²) in [5.74, 6) is -2.09. The third-order valence-electron chi connectivity index (χ3n) is 13.2. The Morgan fingerprint density at radius 1 is 0.392 bits per heavy atom. The molecule has 79 heavy (non-hydrogen) atoms. The van der Waals surface area contributed by atoms with Crippen LogP contribution in [0.2, 0.25) is 0 Å². The molecule has 0 rings (SSSR count). The topological polar surface area (TPSA) is 108 Å². The summed E-state index contributed by atoms with van der Waals surface area (Å²) in [7, 11) is 5.94. The molecule has 0 aromatic rings. The number of carbonyl (C=O) groups is 3. The standard InChI is InChI=1S/C70H117NO8/c1-6-8-10-12-14-16-18-20-22-24-26-28-30-31-32-33-34-35-36-37-39-40-42-44-46-48-50-52-54-56-58-60-67(72)77-64-66(65-78-70(69(74)75)76-63-62-71(3,4)5)79-68(73)61-59-57-55-53-51-49-47-45-43-41-38-29-27-25-23-21-19-17-15-13-11-9-7-2/h9,11,15,17-18,20-21,23-24,26-27,29-31,41,43,47,49,53,55,66,70H,6-8,10,12-14,16,19,22,25,28,32-40,42,44-46,48,50-52,54,56-65H2,1-5H3/p+1/b11-9-,17-15-,20-18-,23-21-,26-24-,29-27-,31-30-,43-41-,49-47-,55-53-. The van der Waals surface area contributed by atoms with Crippen molar-refractivity contribution in [1.82, 2.24) is 0 Å². The molecule has 2 atom stereocenters. The van der Waals surface area contributed by atoms with E-state index in [0.29, 0.717) is 23.9 Å². The van der Waals surface area contributed by atoms with Gasteiger partial charge in [0, 0.05) is 12.8 Å². The molecule has 0 saturated carbocycles. The average molecular weight is 1100 g/mol. The first-order valence-electron chi connectivity index (χ1n) is 31.7. The highest BCUT2D eigenvalue weighted by Gasteiger charge is 2.25. The first kappa shape index (κ1) is 74.7. The fourth-order valence-electron chi connectivity index (χ4n) is 8.36. The third kappa shape index (κ3) is 61.2. The second kappa shape index (κ2) is 59.8. The lowest BCUT2D eigenvalue weighted by Gasteiger charge is -2.25. The number of aliphatic carboxylic acids is 1. The number of hydrogen-bond donors (Lipinski definition) is 1. The fourth-order valence-corrected chi connectivity index (χ4v) is 8.36. The molecule has 0 heterocycles. The van der Waals surface area contributed by atoms with E-state index in [9.17, 15) is 19.5 Å². The van der Waals surface area contributed by atoms with E-state index in [-0.39, 0.29) is 38.6 Å². The molecule has 9 nitrogen and oxygen atoms in total. The lowest BCUT2D eigenvalue weighted by molar-refractivity contribution is -0.870. The van der Waals surface area contributed by atoms with Crippen LogP contribution in [-0.2, 0) is 33.3 Å². The van der Waals surface area contributed by atoms with Crippen molar-refractivity contribution in [2.24, 2.45) is 0 Å². The van der Waals surface area contributed by atoms with Crippen LogP contribution >= 0.6 is 0 Å². The number of ether oxygens (including phenoxy) is 4. The molecule has 0 aromatic carbocycles. The van der Waals surface area contributed by atoms with Crippen LogP contribution in [-0.4, -0.2) is 87.4 Å². The maximum atomic E-state index is 12.9. The number of carbonyl (C=O) groups excluding carboxylic acids is 2. The Balaban J connectivity index is 4.25. The first-order chi connectivity index (χ1) is 38.6. The Morgan fingerprint density at radius 3 is 1.11 bits per heavy atom. The van der Waals surface area contributed by atoms with Crippen molar-refractivity contribution in [2.45, 2.75) is 257 Å². The number of allylic oxidation sites excluding steroid dienone is 20. The zero-order valence-electron chi connectivity index (χ0n) is 51.2. The summed E-state index contributed by atoms with van der Waals surface area (Å²) in [6.45, 7) is 4.68. The van der Waals surface area contributed by atoms with Crippen molar-refractivity contribution >= 4 is 17.9 Å². The van der Waals surface area contributed by atoms with Crippen molar-refractivity contribution in [1.29, 1.82) is 0 Å². The summed E-state index contributed by atoms with van der Waals surface area (Å²) < 4.78 is 22.8. The highest BCUT2D eigenvalue weighted by Crippen LogP contribution is 2.16. The van der Waals surface area contributed by atoms with Gasteiger partial charge in [0.15, 0.2) is 6.10 Å². The molecule has 2 unspecified atom stereocenters. The molecule has 0 amide bonds. The van der Waals surface area contributed by atoms with Crippen LogP contribution in [0.3, 0.4) is 0 Å². The Kier molecular flexibility index (Phi) is 56.5. The molecule has 0 saturated heterocycles. The smallest absolute Gasteiger partial charge is 0.361 e. The number of likely N-dealkylation sites (N-methyl/N-ethyl adjacent to an activating group) is 1. The monoisotopic (exact) mass is 1100 g/mol. The van der Waals surface area contributed by atoms with Gasteiger partial charge in [-0.25, -0.2) is 4.79 Å². The number of quaternary nitrogens is 1. The molecule has 1 N–H and O–H groups in total. The van der Waals surface area contributed by atoms with Gasteiger partial charge in [0.1, 0.15) is 13.2 Å². The lowest BCUT2D eigenvalue weighted by Crippen LogP contribution is -2.40. The Hall–Kier alpha value is -4.31. The molecular weight excluding hydrogens is 983 g/mol. The number of rotatable bonds is 57. The summed E-state index contributed by atoms with van der Waals surface area (Å²) in [6, 6.07) is 0. The van der Waals surface area contributed by atoms with E-state index in [1.807, 2.05) is 21.1 Å². The van der Waals surface area contributed by atoms with Gasteiger partial charge >= 0.3 is 17.9 Å².